The molecule has 0 N–H and O–H groups in total. The number of nitrogens with zero attached hydrogens (tertiary/aromatic N) is 10. The smallest absolute Gasteiger partial charge is 0.368 e. The molecule has 5 rings (SSSR count). The van der Waals surface area contributed by atoms with Gasteiger partial charge in [0.1, 0.15) is 11.4 Å². The van der Waals surface area contributed by atoms with E-state index < -0.39 is 0 Å². The molecule has 3 heterocycles. The molecule has 0 spiro atoms. The molecular weight excluding hydrogens is 548 g/mol. The van der Waals surface area contributed by atoms with Crippen LogP contribution in [0.3, 0.4) is 0 Å². The first kappa shape index (κ1) is 31.1. The molecule has 1 saturated heterocycles. The number of rotatable bonds is 10. The first-order valence-electron chi connectivity index (χ1n) is 16.0. The minimum atomic E-state index is 0.867. The van der Waals surface area contributed by atoms with E-state index in [0.717, 1.165) is 86.8 Å². The van der Waals surface area contributed by atoms with Crippen molar-refractivity contribution in [1.29, 1.82) is 0 Å². The first-order chi connectivity index (χ1) is 21.3. The largest absolute Gasteiger partial charge is 0.421 e. The summed E-state index contributed by atoms with van der Waals surface area (Å²) < 4.78 is 8.49. The minimum Gasteiger partial charge on any atom is -0.368 e. The van der Waals surface area contributed by atoms with Crippen LogP contribution < -0.4 is 18.9 Å². The maximum Gasteiger partial charge on any atom is 0.421 e. The number of aryl methyl sites for hydroxylation is 8. The van der Waals surface area contributed by atoms with Gasteiger partial charge in [-0.3, -0.25) is 0 Å². The lowest BCUT2D eigenvalue weighted by Gasteiger charge is -2.39. The second-order valence-electron chi connectivity index (χ2n) is 11.6. The third-order valence-electron chi connectivity index (χ3n) is 8.73. The van der Waals surface area contributed by atoms with Gasteiger partial charge in [-0.25, -0.2) is 18.3 Å². The molecule has 0 unspecified atom stereocenters. The van der Waals surface area contributed by atoms with Crippen molar-refractivity contribution >= 4 is 34.6 Å². The Labute approximate surface area is 262 Å². The molecule has 0 saturated carbocycles. The van der Waals surface area contributed by atoms with E-state index in [0.29, 0.717) is 0 Å². The number of piperazine rings is 1. The highest BCUT2D eigenvalue weighted by Gasteiger charge is 2.22. The van der Waals surface area contributed by atoms with E-state index >= 15 is 0 Å². The average Bonchev–Trinajstić information content (AvgIpc) is 3.64. The fourth-order valence-corrected chi connectivity index (χ4v) is 5.99. The molecule has 1 aliphatic rings. The number of hydrogen-bond donors (Lipinski definition) is 0. The van der Waals surface area contributed by atoms with Crippen LogP contribution in [0.5, 0.6) is 0 Å². The van der Waals surface area contributed by atoms with Gasteiger partial charge in [0.25, 0.3) is 0 Å². The summed E-state index contributed by atoms with van der Waals surface area (Å²) in [7, 11) is 0. The highest BCUT2D eigenvalue weighted by molar-refractivity contribution is 5.66. The third kappa shape index (κ3) is 6.30. The fraction of sp³-hybridized carbons (Fsp3) is 0.471. The van der Waals surface area contributed by atoms with Crippen molar-refractivity contribution in [3.8, 4) is 0 Å². The normalized spacial score (nSPS) is 14.1. The SMILES string of the molecule is CCn1cc[n+](CC)c1/N=N/c1cc(C)c(N2CCN(c3cc(C)c(/N=N/c4n(CC)cc[n+]4CC)cc3C)CC2)cc1C. The zero-order valence-corrected chi connectivity index (χ0v) is 27.7. The van der Waals surface area contributed by atoms with Gasteiger partial charge in [0, 0.05) is 47.8 Å². The summed E-state index contributed by atoms with van der Waals surface area (Å²) in [6, 6.07) is 8.91. The van der Waals surface area contributed by atoms with E-state index in [4.69, 9.17) is 0 Å². The number of hydrogen-bond acceptors (Lipinski definition) is 6. The number of imidazole rings is 2. The summed E-state index contributed by atoms with van der Waals surface area (Å²) in [6.45, 7) is 24.5. The zero-order valence-electron chi connectivity index (χ0n) is 27.7. The van der Waals surface area contributed by atoms with Gasteiger partial charge in [-0.1, -0.05) is 10.2 Å². The monoisotopic (exact) mass is 596 g/mol. The second kappa shape index (κ2) is 13.5. The molecule has 0 radical (unpaired) electrons. The molecule has 0 atom stereocenters. The standard InChI is InChI=1S/C34H48N10/c1-9-39-13-14-40(10-2)33(39)37-35-29-21-27(7)31(23-25(29)5)43-17-19-44(20-18-43)32-24-26(6)30(22-28(32)8)36-38-34-41(11-3)15-16-42(34)12-4/h13-16,21-24H,9-12,17-20H2,1-8H3/q+2. The highest BCUT2D eigenvalue weighted by Crippen LogP contribution is 2.33. The van der Waals surface area contributed by atoms with Crippen LogP contribution in [0.25, 0.3) is 0 Å². The number of aromatic nitrogens is 4. The molecule has 0 aliphatic carbocycles. The molecule has 0 bridgehead atoms. The maximum atomic E-state index is 4.67. The van der Waals surface area contributed by atoms with Crippen LogP contribution in [-0.4, -0.2) is 35.3 Å². The molecule has 44 heavy (non-hydrogen) atoms. The Balaban J connectivity index is 1.28. The van der Waals surface area contributed by atoms with E-state index in [9.17, 15) is 0 Å². The molecule has 1 aliphatic heterocycles. The average molecular weight is 597 g/mol. The van der Waals surface area contributed by atoms with Crippen LogP contribution in [0, 0.1) is 27.7 Å². The van der Waals surface area contributed by atoms with Gasteiger partial charge in [-0.05, 0) is 102 Å². The van der Waals surface area contributed by atoms with E-state index in [1.165, 1.54) is 22.5 Å². The predicted octanol–water partition coefficient (Wildman–Crippen LogP) is 7.34. The van der Waals surface area contributed by atoms with Gasteiger partial charge < -0.3 is 9.80 Å². The van der Waals surface area contributed by atoms with Crippen LogP contribution >= 0.6 is 0 Å². The number of anilines is 2. The second-order valence-corrected chi connectivity index (χ2v) is 11.6. The van der Waals surface area contributed by atoms with E-state index in [1.807, 2.05) is 0 Å². The van der Waals surface area contributed by atoms with Gasteiger partial charge in [-0.2, -0.15) is 0 Å². The van der Waals surface area contributed by atoms with Crippen molar-refractivity contribution in [1.82, 2.24) is 9.13 Å². The van der Waals surface area contributed by atoms with Gasteiger partial charge in [0.15, 0.2) is 0 Å². The third-order valence-corrected chi connectivity index (χ3v) is 8.73. The Morgan fingerprint density at radius 1 is 0.545 bits per heavy atom. The molecular formula is C34H48N10+2. The van der Waals surface area contributed by atoms with Gasteiger partial charge in [0.05, 0.1) is 51.0 Å². The lowest BCUT2D eigenvalue weighted by Crippen LogP contribution is -2.47. The van der Waals surface area contributed by atoms with Gasteiger partial charge >= 0.3 is 11.9 Å². The minimum absolute atomic E-state index is 0.867. The summed E-state index contributed by atoms with van der Waals surface area (Å²) in [5, 5.41) is 18.6. The van der Waals surface area contributed by atoms with E-state index in [1.54, 1.807) is 0 Å². The predicted molar refractivity (Wildman–Crippen MR) is 177 cm³/mol. The van der Waals surface area contributed by atoms with Crippen LogP contribution in [0.1, 0.15) is 49.9 Å². The Morgan fingerprint density at radius 3 is 1.27 bits per heavy atom. The van der Waals surface area contributed by atoms with Crippen molar-refractivity contribution in [2.45, 2.75) is 81.6 Å². The first-order valence-corrected chi connectivity index (χ1v) is 16.0. The summed E-state index contributed by atoms with van der Waals surface area (Å²) in [5.41, 5.74) is 9.15. The van der Waals surface area contributed by atoms with Crippen LogP contribution in [-0.2, 0) is 26.2 Å². The van der Waals surface area contributed by atoms with Gasteiger partial charge in [-0.15, -0.1) is 0 Å². The van der Waals surface area contributed by atoms with Crippen LogP contribution in [0.2, 0.25) is 0 Å². The molecule has 1 fully saturated rings. The van der Waals surface area contributed by atoms with Crippen molar-refractivity contribution in [2.24, 2.45) is 20.5 Å². The Morgan fingerprint density at radius 2 is 0.932 bits per heavy atom. The summed E-state index contributed by atoms with van der Waals surface area (Å²) in [5.74, 6) is 1.76. The molecule has 10 heteroatoms. The Bertz CT molecular complexity index is 1500. The van der Waals surface area contributed by atoms with Crippen molar-refractivity contribution in [2.75, 3.05) is 36.0 Å². The molecule has 232 valence electrons. The zero-order chi connectivity index (χ0) is 31.4. The van der Waals surface area contributed by atoms with E-state index in [2.05, 4.69) is 153 Å². The Hall–Kier alpha value is -4.34. The van der Waals surface area contributed by atoms with Crippen molar-refractivity contribution < 1.29 is 9.13 Å². The highest BCUT2D eigenvalue weighted by atomic mass is 15.3. The number of azo groups is 2. The fourth-order valence-electron chi connectivity index (χ4n) is 5.99. The molecule has 2 aromatic heterocycles. The Kier molecular flexibility index (Phi) is 9.56. The molecule has 4 aromatic rings. The molecule has 0 amide bonds. The summed E-state index contributed by atoms with van der Waals surface area (Å²) >= 11 is 0. The maximum absolute atomic E-state index is 4.67. The summed E-state index contributed by atoms with van der Waals surface area (Å²) in [6.07, 6.45) is 8.26. The van der Waals surface area contributed by atoms with Crippen molar-refractivity contribution in [3.63, 3.8) is 0 Å². The van der Waals surface area contributed by atoms with Crippen LogP contribution in [0.4, 0.5) is 34.6 Å². The van der Waals surface area contributed by atoms with E-state index in [-0.39, 0.29) is 0 Å². The topological polar surface area (TPSA) is 73.5 Å². The quantitative estimate of drug-likeness (QED) is 0.142. The molecule has 10 nitrogen and oxygen atoms in total. The molecule has 2 aromatic carbocycles. The summed E-state index contributed by atoms with van der Waals surface area (Å²) in [4.78, 5) is 5.01. The van der Waals surface area contributed by atoms with Crippen LogP contribution in [0.15, 0.2) is 69.5 Å². The van der Waals surface area contributed by atoms with Gasteiger partial charge in [0.2, 0.25) is 0 Å². The lowest BCUT2D eigenvalue weighted by atomic mass is 10.1. The lowest BCUT2D eigenvalue weighted by molar-refractivity contribution is -0.680. The van der Waals surface area contributed by atoms with Crippen molar-refractivity contribution in [3.05, 3.63) is 71.3 Å². The number of benzene rings is 2.